The van der Waals surface area contributed by atoms with Crippen molar-refractivity contribution >= 4 is 17.5 Å². The first kappa shape index (κ1) is 21.6. The average molecular weight is 422 g/mol. The molecule has 0 amide bonds. The molecule has 0 aromatic heterocycles. The van der Waals surface area contributed by atoms with Gasteiger partial charge in [-0.05, 0) is 66.9 Å². The molecule has 4 rings (SSSR count). The van der Waals surface area contributed by atoms with E-state index >= 15 is 4.39 Å². The predicted octanol–water partition coefficient (Wildman–Crippen LogP) is 2.30. The minimum Gasteiger partial charge on any atom is -0.458 e. The molecule has 6 nitrogen and oxygen atoms in total. The highest BCUT2D eigenvalue weighted by atomic mass is 19.1. The smallest absolute Gasteiger partial charge is 0.303 e. The van der Waals surface area contributed by atoms with Gasteiger partial charge in [-0.1, -0.05) is 13.8 Å². The van der Waals surface area contributed by atoms with E-state index in [1.54, 1.807) is 6.92 Å². The molecule has 3 fully saturated rings. The van der Waals surface area contributed by atoms with Crippen LogP contribution >= 0.6 is 0 Å². The normalized spacial score (nSPS) is 47.6. The minimum atomic E-state index is -1.72. The molecule has 0 aliphatic heterocycles. The molecule has 7 heteroatoms. The lowest BCUT2D eigenvalue weighted by molar-refractivity contribution is -0.186. The Morgan fingerprint density at radius 3 is 2.67 bits per heavy atom. The van der Waals surface area contributed by atoms with Gasteiger partial charge in [-0.2, -0.15) is 0 Å². The maximum Gasteiger partial charge on any atom is 0.303 e. The number of alkyl halides is 1. The molecular formula is C23H31FO6. The molecule has 3 saturated carbocycles. The summed E-state index contributed by atoms with van der Waals surface area (Å²) in [6.07, 6.45) is 1.37. The van der Waals surface area contributed by atoms with E-state index < -0.39 is 47.1 Å². The molecule has 8 atom stereocenters. The number of fused-ring (bicyclic) bond motifs is 5. The summed E-state index contributed by atoms with van der Waals surface area (Å²) in [5.41, 5.74) is -2.74. The molecule has 30 heavy (non-hydrogen) atoms. The van der Waals surface area contributed by atoms with E-state index in [2.05, 4.69) is 0 Å². The number of halogens is 1. The first-order chi connectivity index (χ1) is 13.9. The van der Waals surface area contributed by atoms with Gasteiger partial charge in [0.15, 0.2) is 12.4 Å². The van der Waals surface area contributed by atoms with Crippen LogP contribution in [-0.2, 0) is 19.1 Å². The van der Waals surface area contributed by atoms with Crippen molar-refractivity contribution in [3.8, 4) is 0 Å². The molecule has 0 heterocycles. The summed E-state index contributed by atoms with van der Waals surface area (Å²) in [7, 11) is 0. The molecule has 2 N–H and O–H groups in total. The molecule has 0 bridgehead atoms. The summed E-state index contributed by atoms with van der Waals surface area (Å²) in [6.45, 7) is 4.46. The zero-order valence-corrected chi connectivity index (χ0v) is 17.8. The van der Waals surface area contributed by atoms with E-state index in [1.807, 2.05) is 6.92 Å². The number of hydrogen-bond acceptors (Lipinski definition) is 6. The lowest BCUT2D eigenvalue weighted by atomic mass is 9.45. The Balaban J connectivity index is 1.69. The van der Waals surface area contributed by atoms with Crippen molar-refractivity contribution < 1.29 is 33.7 Å². The average Bonchev–Trinajstić information content (AvgIpc) is 2.93. The number of rotatable bonds is 3. The third-order valence-corrected chi connectivity index (χ3v) is 8.89. The van der Waals surface area contributed by atoms with E-state index in [-0.39, 0.29) is 42.8 Å². The van der Waals surface area contributed by atoms with Gasteiger partial charge in [-0.3, -0.25) is 14.4 Å². The third-order valence-electron chi connectivity index (χ3n) is 8.89. The van der Waals surface area contributed by atoms with Gasteiger partial charge in [0.2, 0.25) is 5.78 Å². The second kappa shape index (κ2) is 6.95. The Morgan fingerprint density at radius 2 is 2.00 bits per heavy atom. The molecule has 4 aliphatic carbocycles. The molecular weight excluding hydrogens is 391 g/mol. The fourth-order valence-electron chi connectivity index (χ4n) is 7.44. The van der Waals surface area contributed by atoms with Crippen molar-refractivity contribution in [2.24, 2.45) is 28.6 Å². The van der Waals surface area contributed by atoms with Crippen molar-refractivity contribution in [2.75, 3.05) is 6.61 Å². The summed E-state index contributed by atoms with van der Waals surface area (Å²) < 4.78 is 20.1. The van der Waals surface area contributed by atoms with Crippen LogP contribution < -0.4 is 0 Å². The standard InChI is InChI=1S/C23H31FO6/c1-12(25)30-11-19(28)23(29)7-5-15-14-9-17(24)16-8-13(26)4-6-21(16,2)20(14)18(27)10-22(15,23)3/h8,14-15,17-18,20,27,29H,4-7,9-11H2,1-3H3/t14-,15-,17-,18-,20+,21-,22-,23+/m0/s1. The molecule has 0 radical (unpaired) electrons. The van der Waals surface area contributed by atoms with Gasteiger partial charge in [-0.25, -0.2) is 4.39 Å². The molecule has 0 aromatic rings. The Hall–Kier alpha value is -1.60. The Kier molecular flexibility index (Phi) is 5.01. The number of carbonyl (C=O) groups is 3. The van der Waals surface area contributed by atoms with Gasteiger partial charge in [0.1, 0.15) is 11.8 Å². The van der Waals surface area contributed by atoms with Gasteiger partial charge in [-0.15, -0.1) is 0 Å². The van der Waals surface area contributed by atoms with Gasteiger partial charge in [0.25, 0.3) is 0 Å². The summed E-state index contributed by atoms with van der Waals surface area (Å²) >= 11 is 0. The van der Waals surface area contributed by atoms with E-state index in [4.69, 9.17) is 4.74 Å². The summed E-state index contributed by atoms with van der Waals surface area (Å²) in [5, 5.41) is 22.7. The topological polar surface area (TPSA) is 101 Å². The first-order valence-corrected chi connectivity index (χ1v) is 10.9. The molecule has 0 unspecified atom stereocenters. The highest BCUT2D eigenvalue weighted by Gasteiger charge is 2.69. The number of esters is 1. The second-order valence-electron chi connectivity index (χ2n) is 10.3. The Labute approximate surface area is 175 Å². The number of Topliss-reactive ketones (excluding diaryl/α,β-unsaturated/α-hetero) is 1. The quantitative estimate of drug-likeness (QED) is 0.677. The molecule has 0 aromatic carbocycles. The lowest BCUT2D eigenvalue weighted by Crippen LogP contribution is -2.63. The van der Waals surface area contributed by atoms with Crippen molar-refractivity contribution in [1.29, 1.82) is 0 Å². The highest BCUT2D eigenvalue weighted by Crippen LogP contribution is 2.67. The fourth-order valence-corrected chi connectivity index (χ4v) is 7.44. The maximum absolute atomic E-state index is 15.3. The zero-order chi connectivity index (χ0) is 22.1. The number of aliphatic hydroxyl groups excluding tert-OH is 1. The molecule has 166 valence electrons. The Morgan fingerprint density at radius 1 is 1.30 bits per heavy atom. The van der Waals surface area contributed by atoms with Gasteiger partial charge in [0, 0.05) is 18.8 Å². The third kappa shape index (κ3) is 2.84. The van der Waals surface area contributed by atoms with E-state index in [1.165, 1.54) is 13.0 Å². The summed E-state index contributed by atoms with van der Waals surface area (Å²) in [5.74, 6) is -1.76. The van der Waals surface area contributed by atoms with E-state index in [0.717, 1.165) is 0 Å². The number of allylic oxidation sites excluding steroid dienone is 1. The largest absolute Gasteiger partial charge is 0.458 e. The van der Waals surface area contributed by atoms with Crippen LogP contribution in [0, 0.1) is 28.6 Å². The van der Waals surface area contributed by atoms with Crippen LogP contribution in [-0.4, -0.2) is 52.2 Å². The second-order valence-corrected chi connectivity index (χ2v) is 10.3. The van der Waals surface area contributed by atoms with Crippen LogP contribution in [0.4, 0.5) is 4.39 Å². The van der Waals surface area contributed by atoms with Crippen LogP contribution in [0.1, 0.15) is 59.3 Å². The predicted molar refractivity (Wildman–Crippen MR) is 105 cm³/mol. The van der Waals surface area contributed by atoms with Gasteiger partial charge < -0.3 is 14.9 Å². The van der Waals surface area contributed by atoms with Gasteiger partial charge in [0.05, 0.1) is 6.10 Å². The molecule has 0 spiro atoms. The molecule has 4 aliphatic rings. The van der Waals surface area contributed by atoms with Gasteiger partial charge >= 0.3 is 5.97 Å². The SMILES string of the molecule is CC(=O)OCC(=O)[C@]1(O)CC[C@H]2[C@@H]3C[C@H](F)C4=CC(=O)CC[C@]4(C)[C@H]3[C@@H](O)C[C@@]21C. The number of ether oxygens (including phenoxy) is 1. The fraction of sp³-hybridized carbons (Fsp3) is 0.783. The van der Waals surface area contributed by atoms with Crippen LogP contribution in [0.25, 0.3) is 0 Å². The van der Waals surface area contributed by atoms with Crippen LogP contribution in [0.5, 0.6) is 0 Å². The number of hydrogen-bond donors (Lipinski definition) is 2. The lowest BCUT2D eigenvalue weighted by Gasteiger charge is -2.61. The first-order valence-electron chi connectivity index (χ1n) is 10.9. The monoisotopic (exact) mass is 422 g/mol. The van der Waals surface area contributed by atoms with E-state index in [9.17, 15) is 24.6 Å². The Bertz CT molecular complexity index is 823. The van der Waals surface area contributed by atoms with Crippen LogP contribution in [0.2, 0.25) is 0 Å². The highest BCUT2D eigenvalue weighted by molar-refractivity contribution is 5.92. The van der Waals surface area contributed by atoms with Crippen molar-refractivity contribution in [2.45, 2.75) is 77.2 Å². The summed E-state index contributed by atoms with van der Waals surface area (Å²) in [6, 6.07) is 0. The van der Waals surface area contributed by atoms with Crippen molar-refractivity contribution in [3.05, 3.63) is 11.6 Å². The van der Waals surface area contributed by atoms with Crippen LogP contribution in [0.3, 0.4) is 0 Å². The molecule has 0 saturated heterocycles. The number of carbonyl (C=O) groups excluding carboxylic acids is 3. The van der Waals surface area contributed by atoms with Crippen LogP contribution in [0.15, 0.2) is 11.6 Å². The van der Waals surface area contributed by atoms with E-state index in [0.29, 0.717) is 24.8 Å². The number of ketones is 2. The van der Waals surface area contributed by atoms with Crippen molar-refractivity contribution in [1.82, 2.24) is 0 Å². The summed E-state index contributed by atoms with van der Waals surface area (Å²) in [4.78, 5) is 35.9. The zero-order valence-electron chi connectivity index (χ0n) is 17.8. The minimum absolute atomic E-state index is 0.0648. The van der Waals surface area contributed by atoms with Crippen molar-refractivity contribution in [3.63, 3.8) is 0 Å². The maximum atomic E-state index is 15.3. The number of aliphatic hydroxyl groups is 2.